The lowest BCUT2D eigenvalue weighted by molar-refractivity contribution is -0.00000270. The highest BCUT2D eigenvalue weighted by molar-refractivity contribution is 5.06. The average molecular weight is 233 g/mol. The molecule has 0 aliphatic heterocycles. The van der Waals surface area contributed by atoms with Gasteiger partial charge in [0, 0.05) is 12.2 Å². The van der Waals surface area contributed by atoms with Crippen molar-refractivity contribution in [1.29, 1.82) is 0 Å². The van der Waals surface area contributed by atoms with E-state index in [0.29, 0.717) is 0 Å². The maximum absolute atomic E-state index is 5.39. The molecule has 0 unspecified atom stereocenters. The van der Waals surface area contributed by atoms with Crippen molar-refractivity contribution in [2.24, 2.45) is 5.73 Å². The lowest BCUT2D eigenvalue weighted by Crippen LogP contribution is -3.00. The first-order valence-electron chi connectivity index (χ1n) is 3.95. The summed E-state index contributed by atoms with van der Waals surface area (Å²) in [6.07, 6.45) is 1.00. The summed E-state index contributed by atoms with van der Waals surface area (Å²) in [5.74, 6) is 0. The molecule has 0 radical (unpaired) electrons. The Kier molecular flexibility index (Phi) is 5.17. The smallest absolute Gasteiger partial charge is 0.0596 e. The summed E-state index contributed by atoms with van der Waals surface area (Å²) in [7, 11) is 0. The standard InChI is InChI=1S/C8H15N3.BrH/c1-7-6-8(2)11(10-7)5-3-4-9;/h6H,3-5,9H2,1-2H3;1H/p-1. The Hall–Kier alpha value is -0.350. The van der Waals surface area contributed by atoms with Crippen molar-refractivity contribution in [3.8, 4) is 0 Å². The highest BCUT2D eigenvalue weighted by Crippen LogP contribution is 2.01. The summed E-state index contributed by atoms with van der Waals surface area (Å²) in [4.78, 5) is 0. The topological polar surface area (TPSA) is 43.8 Å². The number of nitrogens with two attached hydrogens (primary N) is 1. The number of rotatable bonds is 3. The van der Waals surface area contributed by atoms with Gasteiger partial charge in [-0.15, -0.1) is 0 Å². The molecule has 0 aliphatic carbocycles. The van der Waals surface area contributed by atoms with Crippen molar-refractivity contribution >= 4 is 0 Å². The Morgan fingerprint density at radius 3 is 2.58 bits per heavy atom. The molecule has 3 nitrogen and oxygen atoms in total. The van der Waals surface area contributed by atoms with Gasteiger partial charge in [0.25, 0.3) is 0 Å². The molecule has 1 rings (SSSR count). The van der Waals surface area contributed by atoms with Gasteiger partial charge in [0.15, 0.2) is 0 Å². The summed E-state index contributed by atoms with van der Waals surface area (Å²) >= 11 is 0. The second-order valence-corrected chi connectivity index (χ2v) is 2.79. The van der Waals surface area contributed by atoms with Crippen LogP contribution in [0.5, 0.6) is 0 Å². The molecule has 0 saturated heterocycles. The van der Waals surface area contributed by atoms with Gasteiger partial charge in [-0.1, -0.05) is 0 Å². The fourth-order valence-corrected chi connectivity index (χ4v) is 1.14. The molecule has 4 heteroatoms. The van der Waals surface area contributed by atoms with Crippen LogP contribution < -0.4 is 22.7 Å². The van der Waals surface area contributed by atoms with Gasteiger partial charge in [-0.05, 0) is 32.9 Å². The maximum atomic E-state index is 5.39. The Morgan fingerprint density at radius 2 is 2.17 bits per heavy atom. The predicted molar refractivity (Wildman–Crippen MR) is 45.4 cm³/mol. The number of hydrogen-bond acceptors (Lipinski definition) is 2. The minimum Gasteiger partial charge on any atom is -1.00 e. The van der Waals surface area contributed by atoms with Crippen LogP contribution in [0.25, 0.3) is 0 Å². The summed E-state index contributed by atoms with van der Waals surface area (Å²) in [6.45, 7) is 5.75. The largest absolute Gasteiger partial charge is 1.00 e. The lowest BCUT2D eigenvalue weighted by Gasteiger charge is -2.00. The second kappa shape index (κ2) is 5.32. The highest BCUT2D eigenvalue weighted by atomic mass is 79.9. The van der Waals surface area contributed by atoms with Gasteiger partial charge in [0.2, 0.25) is 0 Å². The van der Waals surface area contributed by atoms with Crippen LogP contribution in [0.2, 0.25) is 0 Å². The van der Waals surface area contributed by atoms with Crippen LogP contribution in [0.3, 0.4) is 0 Å². The van der Waals surface area contributed by atoms with E-state index in [1.807, 2.05) is 11.6 Å². The number of aromatic nitrogens is 2. The van der Waals surface area contributed by atoms with E-state index in [9.17, 15) is 0 Å². The van der Waals surface area contributed by atoms with E-state index in [1.54, 1.807) is 0 Å². The lowest BCUT2D eigenvalue weighted by atomic mass is 10.4. The molecule has 12 heavy (non-hydrogen) atoms. The number of aryl methyl sites for hydroxylation is 3. The van der Waals surface area contributed by atoms with Gasteiger partial charge in [0.1, 0.15) is 0 Å². The molecule has 0 aliphatic rings. The molecule has 0 bridgehead atoms. The molecule has 1 aromatic rings. The van der Waals surface area contributed by atoms with E-state index in [2.05, 4.69) is 18.1 Å². The van der Waals surface area contributed by atoms with E-state index >= 15 is 0 Å². The zero-order valence-corrected chi connectivity index (χ0v) is 9.13. The third-order valence-corrected chi connectivity index (χ3v) is 1.68. The van der Waals surface area contributed by atoms with Crippen LogP contribution in [-0.4, -0.2) is 16.3 Å². The Bertz CT molecular complexity index is 232. The van der Waals surface area contributed by atoms with Crippen molar-refractivity contribution in [3.63, 3.8) is 0 Å². The van der Waals surface area contributed by atoms with E-state index in [0.717, 1.165) is 25.2 Å². The third-order valence-electron chi connectivity index (χ3n) is 1.68. The first-order chi connectivity index (χ1) is 5.24. The van der Waals surface area contributed by atoms with Gasteiger partial charge in [0.05, 0.1) is 5.69 Å². The molecular weight excluding hydrogens is 218 g/mol. The number of halogens is 1. The van der Waals surface area contributed by atoms with E-state index in [-0.39, 0.29) is 17.0 Å². The summed E-state index contributed by atoms with van der Waals surface area (Å²) < 4.78 is 2.00. The Labute approximate surface area is 83.7 Å². The summed E-state index contributed by atoms with van der Waals surface area (Å²) in [5.41, 5.74) is 7.69. The minimum absolute atomic E-state index is 0. The van der Waals surface area contributed by atoms with Crippen LogP contribution in [0.15, 0.2) is 6.07 Å². The molecule has 1 aromatic heterocycles. The van der Waals surface area contributed by atoms with Gasteiger partial charge in [-0.2, -0.15) is 5.10 Å². The molecule has 0 spiro atoms. The van der Waals surface area contributed by atoms with Crippen molar-refractivity contribution in [1.82, 2.24) is 9.78 Å². The zero-order chi connectivity index (χ0) is 8.27. The monoisotopic (exact) mass is 232 g/mol. The van der Waals surface area contributed by atoms with Crippen molar-refractivity contribution in [2.45, 2.75) is 26.8 Å². The average Bonchev–Trinajstić information content (AvgIpc) is 2.26. The van der Waals surface area contributed by atoms with Crippen LogP contribution in [0, 0.1) is 13.8 Å². The summed E-state index contributed by atoms with van der Waals surface area (Å²) in [5, 5.41) is 4.31. The predicted octanol–water partition coefficient (Wildman–Crippen LogP) is -2.15. The maximum Gasteiger partial charge on any atom is 0.0596 e. The van der Waals surface area contributed by atoms with Crippen molar-refractivity contribution in [2.75, 3.05) is 6.54 Å². The number of hydrogen-bond donors (Lipinski definition) is 1. The number of nitrogens with zero attached hydrogens (tertiary/aromatic N) is 2. The van der Waals surface area contributed by atoms with Gasteiger partial charge >= 0.3 is 0 Å². The van der Waals surface area contributed by atoms with Crippen LogP contribution in [0.1, 0.15) is 17.8 Å². The molecule has 0 aromatic carbocycles. The third kappa shape index (κ3) is 2.95. The second-order valence-electron chi connectivity index (χ2n) is 2.79. The molecule has 0 amide bonds. The Morgan fingerprint density at radius 1 is 1.50 bits per heavy atom. The molecule has 0 fully saturated rings. The fraction of sp³-hybridized carbons (Fsp3) is 0.625. The normalized spacial score (nSPS) is 9.58. The Balaban J connectivity index is 0.00000121. The fourth-order valence-electron chi connectivity index (χ4n) is 1.14. The van der Waals surface area contributed by atoms with Gasteiger partial charge in [-0.3, -0.25) is 4.68 Å². The SMILES string of the molecule is Cc1cc(C)n(CCCN)n1.[Br-]. The van der Waals surface area contributed by atoms with Crippen LogP contribution in [0.4, 0.5) is 0 Å². The van der Waals surface area contributed by atoms with Crippen LogP contribution >= 0.6 is 0 Å². The summed E-state index contributed by atoms with van der Waals surface area (Å²) in [6, 6.07) is 2.08. The minimum atomic E-state index is 0. The van der Waals surface area contributed by atoms with Gasteiger partial charge in [-0.25, -0.2) is 0 Å². The quantitative estimate of drug-likeness (QED) is 0.647. The molecular formula is C8H15BrN3-. The molecule has 1 heterocycles. The molecule has 70 valence electrons. The molecule has 0 atom stereocenters. The van der Waals surface area contributed by atoms with E-state index < -0.39 is 0 Å². The van der Waals surface area contributed by atoms with E-state index in [1.165, 1.54) is 5.69 Å². The molecule has 2 N–H and O–H groups in total. The molecule has 0 saturated carbocycles. The highest BCUT2D eigenvalue weighted by Gasteiger charge is 1.98. The van der Waals surface area contributed by atoms with E-state index in [4.69, 9.17) is 5.73 Å². The zero-order valence-electron chi connectivity index (χ0n) is 7.55. The first-order valence-corrected chi connectivity index (χ1v) is 3.95. The van der Waals surface area contributed by atoms with Crippen molar-refractivity contribution < 1.29 is 17.0 Å². The van der Waals surface area contributed by atoms with Gasteiger partial charge < -0.3 is 22.7 Å². The first kappa shape index (κ1) is 11.6. The van der Waals surface area contributed by atoms with Crippen molar-refractivity contribution in [3.05, 3.63) is 17.5 Å². The van der Waals surface area contributed by atoms with Crippen LogP contribution in [-0.2, 0) is 6.54 Å².